The summed E-state index contributed by atoms with van der Waals surface area (Å²) in [6.07, 6.45) is 1.84. The van der Waals surface area contributed by atoms with Crippen molar-refractivity contribution in [1.82, 2.24) is 9.38 Å². The molecule has 1 amide bonds. The fraction of sp³-hybridized carbons (Fsp3) is 0. The van der Waals surface area contributed by atoms with Crippen molar-refractivity contribution in [1.29, 1.82) is 5.26 Å². The standard InChI is InChI=1S/C17H9ClN4OS2/c18-11-4-3-10(7-19)12(6-11)20-16(23)14-9-25-17-21-13(8-22(14)17)15-2-1-5-24-15/h1-6,8-9H,(H,20,23). The zero-order valence-corrected chi connectivity index (χ0v) is 15.0. The Labute approximate surface area is 155 Å². The number of carbonyl (C=O) groups is 1. The Kier molecular flexibility index (Phi) is 4.01. The van der Waals surface area contributed by atoms with Gasteiger partial charge in [0.15, 0.2) is 4.96 Å². The van der Waals surface area contributed by atoms with Crippen molar-refractivity contribution >= 4 is 50.8 Å². The first kappa shape index (κ1) is 15.8. The fourth-order valence-corrected chi connectivity index (χ4v) is 4.10. The van der Waals surface area contributed by atoms with E-state index in [-0.39, 0.29) is 5.91 Å². The highest BCUT2D eigenvalue weighted by molar-refractivity contribution is 7.15. The molecule has 0 spiro atoms. The molecular formula is C17H9ClN4OS2. The van der Waals surface area contributed by atoms with Crippen LogP contribution in [0.5, 0.6) is 0 Å². The normalized spacial score (nSPS) is 10.7. The van der Waals surface area contributed by atoms with Crippen LogP contribution in [0.3, 0.4) is 0 Å². The van der Waals surface area contributed by atoms with Crippen molar-refractivity contribution in [3.05, 3.63) is 63.6 Å². The maximum absolute atomic E-state index is 12.7. The lowest BCUT2D eigenvalue weighted by atomic mass is 10.2. The van der Waals surface area contributed by atoms with Crippen molar-refractivity contribution in [2.24, 2.45) is 0 Å². The van der Waals surface area contributed by atoms with Gasteiger partial charge in [0.2, 0.25) is 0 Å². The summed E-state index contributed by atoms with van der Waals surface area (Å²) in [4.78, 5) is 19.0. The predicted octanol–water partition coefficient (Wildman–Crippen LogP) is 4.90. The van der Waals surface area contributed by atoms with Crippen molar-refractivity contribution < 1.29 is 4.79 Å². The van der Waals surface area contributed by atoms with Crippen LogP contribution in [0.15, 0.2) is 47.3 Å². The topological polar surface area (TPSA) is 70.2 Å². The number of nitrogens with one attached hydrogen (secondary N) is 1. The summed E-state index contributed by atoms with van der Waals surface area (Å²) in [5.74, 6) is -0.319. The Morgan fingerprint density at radius 3 is 2.96 bits per heavy atom. The van der Waals surface area contributed by atoms with Crippen molar-refractivity contribution in [3.8, 4) is 16.6 Å². The molecule has 3 aromatic heterocycles. The number of rotatable bonds is 3. The number of hydrogen-bond donors (Lipinski definition) is 1. The number of halogens is 1. The van der Waals surface area contributed by atoms with E-state index in [9.17, 15) is 10.1 Å². The molecule has 5 nitrogen and oxygen atoms in total. The molecule has 0 aliphatic carbocycles. The van der Waals surface area contributed by atoms with Gasteiger partial charge in [0, 0.05) is 16.6 Å². The predicted molar refractivity (Wildman–Crippen MR) is 101 cm³/mol. The van der Waals surface area contributed by atoms with Crippen LogP contribution in [-0.2, 0) is 0 Å². The van der Waals surface area contributed by atoms with Gasteiger partial charge in [0.05, 0.1) is 16.1 Å². The third kappa shape index (κ3) is 2.91. The first-order valence-corrected chi connectivity index (χ1v) is 9.31. The summed E-state index contributed by atoms with van der Waals surface area (Å²) in [6.45, 7) is 0. The molecule has 0 saturated carbocycles. The van der Waals surface area contributed by atoms with Crippen LogP contribution in [0.2, 0.25) is 5.02 Å². The monoisotopic (exact) mass is 384 g/mol. The second-order valence-corrected chi connectivity index (χ2v) is 7.35. The summed E-state index contributed by atoms with van der Waals surface area (Å²) in [5, 5.41) is 16.1. The largest absolute Gasteiger partial charge is 0.319 e. The van der Waals surface area contributed by atoms with Crippen molar-refractivity contribution in [2.75, 3.05) is 5.32 Å². The summed E-state index contributed by atoms with van der Waals surface area (Å²) in [5.41, 5.74) is 2.03. The van der Waals surface area contributed by atoms with Gasteiger partial charge in [-0.25, -0.2) is 4.98 Å². The van der Waals surface area contributed by atoms with Crippen LogP contribution in [0.25, 0.3) is 15.5 Å². The number of fused-ring (bicyclic) bond motifs is 1. The number of imidazole rings is 1. The fourth-order valence-electron chi connectivity index (χ4n) is 2.39. The highest BCUT2D eigenvalue weighted by Gasteiger charge is 2.17. The number of amides is 1. The van der Waals surface area contributed by atoms with Crippen LogP contribution >= 0.6 is 34.3 Å². The Hall–Kier alpha value is -2.66. The lowest BCUT2D eigenvalue weighted by molar-refractivity contribution is 0.102. The molecule has 122 valence electrons. The van der Waals surface area contributed by atoms with E-state index in [0.29, 0.717) is 22.0 Å². The number of thiazole rings is 1. The smallest absolute Gasteiger partial charge is 0.273 e. The van der Waals surface area contributed by atoms with Crippen LogP contribution < -0.4 is 5.32 Å². The maximum atomic E-state index is 12.7. The molecule has 0 aliphatic rings. The lowest BCUT2D eigenvalue weighted by Crippen LogP contribution is -2.14. The van der Waals surface area contributed by atoms with Gasteiger partial charge in [-0.1, -0.05) is 17.7 Å². The molecule has 0 atom stereocenters. The van der Waals surface area contributed by atoms with Gasteiger partial charge in [-0.05, 0) is 29.6 Å². The molecule has 1 N–H and O–H groups in total. The first-order chi connectivity index (χ1) is 12.2. The van der Waals surface area contributed by atoms with Gasteiger partial charge >= 0.3 is 0 Å². The van der Waals surface area contributed by atoms with E-state index in [1.165, 1.54) is 11.3 Å². The van der Waals surface area contributed by atoms with Crippen LogP contribution in [-0.4, -0.2) is 15.3 Å². The summed E-state index contributed by atoms with van der Waals surface area (Å²) in [7, 11) is 0. The number of aromatic nitrogens is 2. The Bertz CT molecular complexity index is 1120. The molecule has 4 aromatic rings. The van der Waals surface area contributed by atoms with Crippen LogP contribution in [0, 0.1) is 11.3 Å². The molecular weight excluding hydrogens is 376 g/mol. The van der Waals surface area contributed by atoms with E-state index in [2.05, 4.69) is 10.3 Å². The van der Waals surface area contributed by atoms with E-state index in [1.54, 1.807) is 39.3 Å². The maximum Gasteiger partial charge on any atom is 0.273 e. The van der Waals surface area contributed by atoms with E-state index in [1.807, 2.05) is 29.8 Å². The summed E-state index contributed by atoms with van der Waals surface area (Å²) in [6, 6.07) is 10.7. The molecule has 0 aliphatic heterocycles. The van der Waals surface area contributed by atoms with Gasteiger partial charge < -0.3 is 5.32 Å². The first-order valence-electron chi connectivity index (χ1n) is 7.17. The molecule has 8 heteroatoms. The Morgan fingerprint density at radius 1 is 1.32 bits per heavy atom. The highest BCUT2D eigenvalue weighted by atomic mass is 35.5. The SMILES string of the molecule is N#Cc1ccc(Cl)cc1NC(=O)c1csc2nc(-c3cccs3)cn12. The number of carbonyl (C=O) groups excluding carboxylic acids is 1. The summed E-state index contributed by atoms with van der Waals surface area (Å²) >= 11 is 8.95. The van der Waals surface area contributed by atoms with E-state index in [0.717, 1.165) is 15.5 Å². The minimum atomic E-state index is -0.319. The average molecular weight is 385 g/mol. The van der Waals surface area contributed by atoms with Crippen molar-refractivity contribution in [3.63, 3.8) is 0 Å². The quantitative estimate of drug-likeness (QED) is 0.546. The molecule has 0 fully saturated rings. The Balaban J connectivity index is 1.69. The zero-order valence-electron chi connectivity index (χ0n) is 12.6. The number of hydrogen-bond acceptors (Lipinski definition) is 5. The number of thiophene rings is 1. The van der Waals surface area contributed by atoms with E-state index < -0.39 is 0 Å². The van der Waals surface area contributed by atoms with Gasteiger partial charge in [0.25, 0.3) is 5.91 Å². The molecule has 1 aromatic carbocycles. The van der Waals surface area contributed by atoms with Gasteiger partial charge in [0.1, 0.15) is 17.5 Å². The van der Waals surface area contributed by atoms with Gasteiger partial charge in [-0.3, -0.25) is 9.20 Å². The minimum Gasteiger partial charge on any atom is -0.319 e. The third-order valence-electron chi connectivity index (χ3n) is 3.57. The number of nitrogens with zero attached hydrogens (tertiary/aromatic N) is 3. The van der Waals surface area contributed by atoms with E-state index >= 15 is 0 Å². The van der Waals surface area contributed by atoms with Gasteiger partial charge in [-0.15, -0.1) is 22.7 Å². The Morgan fingerprint density at radius 2 is 2.20 bits per heavy atom. The molecule has 4 rings (SSSR count). The molecule has 0 bridgehead atoms. The second kappa shape index (κ2) is 6.33. The average Bonchev–Trinajstić information content (AvgIpc) is 3.31. The zero-order chi connectivity index (χ0) is 17.4. The molecule has 0 saturated heterocycles. The van der Waals surface area contributed by atoms with Crippen LogP contribution in [0.4, 0.5) is 5.69 Å². The second-order valence-electron chi connectivity index (χ2n) is 5.13. The number of benzene rings is 1. The lowest BCUT2D eigenvalue weighted by Gasteiger charge is -2.06. The highest BCUT2D eigenvalue weighted by Crippen LogP contribution is 2.27. The third-order valence-corrected chi connectivity index (χ3v) is 5.53. The molecule has 25 heavy (non-hydrogen) atoms. The van der Waals surface area contributed by atoms with Crippen LogP contribution in [0.1, 0.15) is 16.1 Å². The molecule has 0 unspecified atom stereocenters. The van der Waals surface area contributed by atoms with E-state index in [4.69, 9.17) is 11.6 Å². The minimum absolute atomic E-state index is 0.319. The van der Waals surface area contributed by atoms with Crippen molar-refractivity contribution in [2.45, 2.75) is 0 Å². The number of nitriles is 1. The molecule has 0 radical (unpaired) electrons. The number of anilines is 1. The van der Waals surface area contributed by atoms with Gasteiger partial charge in [-0.2, -0.15) is 5.26 Å². The molecule has 3 heterocycles. The summed E-state index contributed by atoms with van der Waals surface area (Å²) < 4.78 is 1.76.